The molecule has 4 heteroatoms. The fourth-order valence-electron chi connectivity index (χ4n) is 13.7. The van der Waals surface area contributed by atoms with Gasteiger partial charge in [0.05, 0.1) is 26.4 Å². The number of aryl methyl sites for hydroxylation is 2. The van der Waals surface area contributed by atoms with Crippen LogP contribution in [0.25, 0.3) is 88.3 Å². The van der Waals surface area contributed by atoms with Crippen LogP contribution in [-0.2, 0) is 0 Å². The van der Waals surface area contributed by atoms with E-state index in [0.29, 0.717) is 26.4 Å². The lowest BCUT2D eigenvalue weighted by atomic mass is 9.93. The van der Waals surface area contributed by atoms with Crippen LogP contribution in [0.15, 0.2) is 170 Å². The van der Waals surface area contributed by atoms with Crippen LogP contribution in [0.3, 0.4) is 0 Å². The van der Waals surface area contributed by atoms with Gasteiger partial charge >= 0.3 is 0 Å². The Kier molecular flexibility index (Phi) is 31.2. The van der Waals surface area contributed by atoms with Crippen molar-refractivity contribution in [2.75, 3.05) is 26.4 Å². The summed E-state index contributed by atoms with van der Waals surface area (Å²) in [6.45, 7) is 16.1. The van der Waals surface area contributed by atoms with E-state index in [1.165, 1.54) is 220 Å². The monoisotopic (exact) mass is 1290 g/mol. The molecule has 0 N–H and O–H groups in total. The predicted molar refractivity (Wildman–Crippen MR) is 416 cm³/mol. The number of ether oxygens (including phenoxy) is 4. The van der Waals surface area contributed by atoms with Gasteiger partial charge in [0, 0.05) is 22.3 Å². The highest BCUT2D eigenvalue weighted by molar-refractivity contribution is 6.00. The van der Waals surface area contributed by atoms with Gasteiger partial charge in [0.15, 0.2) is 0 Å². The highest BCUT2D eigenvalue weighted by atomic mass is 16.5. The molecule has 0 amide bonds. The Hall–Kier alpha value is -7.30. The minimum atomic E-state index is 0.631. The predicted octanol–water partition coefficient (Wildman–Crippen LogP) is 28.7. The number of hydrogen-bond donors (Lipinski definition) is 0. The zero-order valence-electron chi connectivity index (χ0n) is 60.3. The van der Waals surface area contributed by atoms with Gasteiger partial charge in [-0.25, -0.2) is 0 Å². The van der Waals surface area contributed by atoms with Crippen LogP contribution >= 0.6 is 0 Å². The van der Waals surface area contributed by atoms with Crippen molar-refractivity contribution >= 4 is 21.5 Å². The lowest BCUT2D eigenvalue weighted by Gasteiger charge is -2.22. The second-order valence-electron chi connectivity index (χ2n) is 27.8. The second kappa shape index (κ2) is 41.1. The summed E-state index contributed by atoms with van der Waals surface area (Å²) >= 11 is 0. The SMILES string of the molecule is CCCCCCCCCCOc1cc(-c2cc(OCCCCCCCCCC)c(-c3ccc(-c4ccc(-c5ccc6cc7cc(C)ccc7cc6c5)cc4)cc3)cc2OCCCCCCCCCC)c(OCCCCCCCCCC)cc1-c1ccc(-c2ccc(C)cc2)cc1. The summed E-state index contributed by atoms with van der Waals surface area (Å²) in [7, 11) is 0. The van der Waals surface area contributed by atoms with Crippen molar-refractivity contribution in [1.29, 1.82) is 0 Å². The molecule has 0 aliphatic heterocycles. The Bertz CT molecular complexity index is 3670. The second-order valence-corrected chi connectivity index (χ2v) is 27.8. The zero-order chi connectivity index (χ0) is 66.8. The molecular weight excluding hydrogens is 1170 g/mol. The van der Waals surface area contributed by atoms with E-state index in [1.54, 1.807) is 0 Å². The van der Waals surface area contributed by atoms with Crippen molar-refractivity contribution in [3.63, 3.8) is 0 Å². The first-order valence-corrected chi connectivity index (χ1v) is 38.5. The number of unbranched alkanes of at least 4 members (excludes halogenated alkanes) is 28. The largest absolute Gasteiger partial charge is 0.493 e. The minimum Gasteiger partial charge on any atom is -0.493 e. The molecule has 0 radical (unpaired) electrons. The first kappa shape index (κ1) is 73.0. The zero-order valence-corrected chi connectivity index (χ0v) is 60.3. The van der Waals surface area contributed by atoms with Gasteiger partial charge in [0.25, 0.3) is 0 Å². The van der Waals surface area contributed by atoms with Crippen LogP contribution in [-0.4, -0.2) is 26.4 Å². The lowest BCUT2D eigenvalue weighted by Crippen LogP contribution is -2.05. The summed E-state index contributed by atoms with van der Waals surface area (Å²) in [5, 5.41) is 5.10. The fraction of sp³-hybridized carbons (Fsp3) is 0.457. The van der Waals surface area contributed by atoms with Gasteiger partial charge in [-0.1, -0.05) is 346 Å². The average molecular weight is 1290 g/mol. The third-order valence-corrected chi connectivity index (χ3v) is 19.8. The van der Waals surface area contributed by atoms with Gasteiger partial charge < -0.3 is 18.9 Å². The van der Waals surface area contributed by atoms with Crippen molar-refractivity contribution < 1.29 is 18.9 Å². The quantitative estimate of drug-likeness (QED) is 0.0281. The number of hydrogen-bond acceptors (Lipinski definition) is 4. The summed E-state index contributed by atoms with van der Waals surface area (Å²) in [5.74, 6) is 3.45. The minimum absolute atomic E-state index is 0.631. The Morgan fingerprint density at radius 3 is 0.771 bits per heavy atom. The van der Waals surface area contributed by atoms with E-state index < -0.39 is 0 Å². The summed E-state index contributed by atoms with van der Waals surface area (Å²) in [6.07, 6.45) is 39.7. The topological polar surface area (TPSA) is 36.9 Å². The molecule has 4 nitrogen and oxygen atoms in total. The van der Waals surface area contributed by atoms with Gasteiger partial charge in [-0.2, -0.15) is 0 Å². The van der Waals surface area contributed by atoms with E-state index in [9.17, 15) is 0 Å². The third kappa shape index (κ3) is 22.9. The lowest BCUT2D eigenvalue weighted by molar-refractivity contribution is 0.294. The fourth-order valence-corrected chi connectivity index (χ4v) is 13.7. The molecule has 0 fully saturated rings. The molecule has 0 aliphatic carbocycles. The summed E-state index contributed by atoms with van der Waals surface area (Å²) in [4.78, 5) is 0. The molecule has 96 heavy (non-hydrogen) atoms. The van der Waals surface area contributed by atoms with Crippen molar-refractivity contribution in [2.24, 2.45) is 0 Å². The molecule has 9 aromatic carbocycles. The molecule has 0 spiro atoms. The number of benzene rings is 9. The van der Waals surface area contributed by atoms with Crippen molar-refractivity contribution in [1.82, 2.24) is 0 Å². The molecule has 510 valence electrons. The Labute approximate surface area is 581 Å². The molecule has 0 aliphatic rings. The molecule has 0 aromatic heterocycles. The number of fused-ring (bicyclic) bond motifs is 2. The standard InChI is InChI=1S/C92H118O4/c1-7-11-15-19-23-27-31-35-59-93-89-69-87(91(95-61-37-33-29-25-21-17-13-9-3)67-85(89)78-53-49-75(50-54-78)73-42-39-71(5)40-43-73)88-70-90(94-60-36-32-28-24-20-16-12-8-2)86(68-92(88)96-62-38-34-30-26-22-18-14-10-4)79-55-51-76(52-56-79)74-45-47-77(48-46-74)80-57-58-82-65-83-63-72(6)41-44-81(83)66-84(82)64-80/h39-58,63-70H,7-38,59-62H2,1-6H3. The molecule has 9 rings (SSSR count). The molecule has 0 saturated heterocycles. The Morgan fingerprint density at radius 2 is 0.427 bits per heavy atom. The van der Waals surface area contributed by atoms with Gasteiger partial charge in [-0.3, -0.25) is 0 Å². The van der Waals surface area contributed by atoms with Crippen molar-refractivity contribution in [2.45, 2.75) is 247 Å². The van der Waals surface area contributed by atoms with E-state index in [2.05, 4.69) is 211 Å². The molecule has 9 aromatic rings. The first-order chi connectivity index (χ1) is 47.3. The van der Waals surface area contributed by atoms with Crippen LogP contribution < -0.4 is 18.9 Å². The van der Waals surface area contributed by atoms with Gasteiger partial charge in [-0.05, 0) is 148 Å². The normalized spacial score (nSPS) is 11.5. The number of rotatable bonds is 46. The summed E-state index contributed by atoms with van der Waals surface area (Å²) < 4.78 is 28.7. The van der Waals surface area contributed by atoms with E-state index in [1.807, 2.05) is 0 Å². The van der Waals surface area contributed by atoms with Gasteiger partial charge in [0.1, 0.15) is 23.0 Å². The summed E-state index contributed by atoms with van der Waals surface area (Å²) in [5.41, 5.74) is 16.1. The smallest absolute Gasteiger partial charge is 0.128 e. The van der Waals surface area contributed by atoms with Crippen LogP contribution in [0, 0.1) is 13.8 Å². The summed E-state index contributed by atoms with van der Waals surface area (Å²) in [6, 6.07) is 63.6. The van der Waals surface area contributed by atoms with Crippen LogP contribution in [0.4, 0.5) is 0 Å². The van der Waals surface area contributed by atoms with Gasteiger partial charge in [0.2, 0.25) is 0 Å². The maximum absolute atomic E-state index is 7.22. The average Bonchev–Trinajstić information content (AvgIpc) is 0.779. The van der Waals surface area contributed by atoms with E-state index >= 15 is 0 Å². The van der Waals surface area contributed by atoms with Crippen LogP contribution in [0.5, 0.6) is 23.0 Å². The van der Waals surface area contributed by atoms with Crippen LogP contribution in [0.2, 0.25) is 0 Å². The van der Waals surface area contributed by atoms with E-state index in [4.69, 9.17) is 18.9 Å². The molecule has 0 saturated carbocycles. The molecule has 0 atom stereocenters. The highest BCUT2D eigenvalue weighted by Gasteiger charge is 2.23. The van der Waals surface area contributed by atoms with Gasteiger partial charge in [-0.15, -0.1) is 0 Å². The van der Waals surface area contributed by atoms with Crippen molar-refractivity contribution in [3.05, 3.63) is 181 Å². The Balaban J connectivity index is 1.08. The highest BCUT2D eigenvalue weighted by Crippen LogP contribution is 2.48. The van der Waals surface area contributed by atoms with Crippen molar-refractivity contribution in [3.8, 4) is 89.8 Å². The Morgan fingerprint density at radius 1 is 0.188 bits per heavy atom. The maximum atomic E-state index is 7.22. The molecule has 0 bridgehead atoms. The third-order valence-electron chi connectivity index (χ3n) is 19.8. The maximum Gasteiger partial charge on any atom is 0.128 e. The first-order valence-electron chi connectivity index (χ1n) is 38.5. The molecular formula is C92H118O4. The van der Waals surface area contributed by atoms with E-state index in [-0.39, 0.29) is 0 Å². The van der Waals surface area contributed by atoms with Crippen LogP contribution in [0.1, 0.15) is 244 Å². The van der Waals surface area contributed by atoms with E-state index in [0.717, 1.165) is 108 Å². The molecule has 0 unspecified atom stereocenters. The molecule has 0 heterocycles.